The molecular formula is C15H20Cl2N2O2. The lowest BCUT2D eigenvalue weighted by molar-refractivity contribution is -0.139. The van der Waals surface area contributed by atoms with E-state index in [9.17, 15) is 4.79 Å². The first-order valence-electron chi connectivity index (χ1n) is 7.14. The molecule has 0 bridgehead atoms. The third kappa shape index (κ3) is 4.25. The lowest BCUT2D eigenvalue weighted by atomic mass is 10.2. The van der Waals surface area contributed by atoms with Gasteiger partial charge in [0.1, 0.15) is 5.75 Å². The molecule has 1 aliphatic heterocycles. The summed E-state index contributed by atoms with van der Waals surface area (Å²) in [6.07, 6.45) is -0.558. The normalized spacial score (nSPS) is 17.6. The van der Waals surface area contributed by atoms with Crippen LogP contribution in [-0.4, -0.2) is 54.5 Å². The van der Waals surface area contributed by atoms with Gasteiger partial charge < -0.3 is 14.5 Å². The number of likely N-dealkylation sites (N-methyl/N-ethyl adjacent to an activating group) is 1. The maximum Gasteiger partial charge on any atom is 0.263 e. The number of amides is 1. The van der Waals surface area contributed by atoms with E-state index in [1.54, 1.807) is 25.1 Å². The van der Waals surface area contributed by atoms with Crippen LogP contribution in [0.4, 0.5) is 0 Å². The number of nitrogens with zero attached hydrogens (tertiary/aromatic N) is 2. The highest BCUT2D eigenvalue weighted by atomic mass is 35.5. The predicted octanol–water partition coefficient (Wildman–Crippen LogP) is 2.92. The first kappa shape index (κ1) is 16.4. The zero-order chi connectivity index (χ0) is 15.4. The number of rotatable bonds is 4. The second-order valence-electron chi connectivity index (χ2n) is 5.09. The van der Waals surface area contributed by atoms with Gasteiger partial charge in [0.2, 0.25) is 0 Å². The van der Waals surface area contributed by atoms with Crippen molar-refractivity contribution in [1.29, 1.82) is 0 Å². The van der Waals surface area contributed by atoms with Crippen molar-refractivity contribution < 1.29 is 9.53 Å². The summed E-state index contributed by atoms with van der Waals surface area (Å²) < 4.78 is 5.67. The highest BCUT2D eigenvalue weighted by Crippen LogP contribution is 2.28. The number of benzene rings is 1. The Kier molecular flexibility index (Phi) is 5.73. The summed E-state index contributed by atoms with van der Waals surface area (Å²) in [5, 5.41) is 0.958. The molecular weight excluding hydrogens is 311 g/mol. The second-order valence-corrected chi connectivity index (χ2v) is 5.94. The van der Waals surface area contributed by atoms with Crippen LogP contribution < -0.4 is 4.74 Å². The Labute approximate surface area is 135 Å². The SMILES string of the molecule is CCN1CCN(C(=O)[C@H](C)Oc2ccc(Cl)cc2Cl)CC1. The molecule has 1 heterocycles. The molecule has 1 saturated heterocycles. The number of hydrogen-bond donors (Lipinski definition) is 0. The molecule has 1 aromatic rings. The number of halogens is 2. The van der Waals surface area contributed by atoms with Crippen molar-refractivity contribution in [1.82, 2.24) is 9.80 Å². The van der Waals surface area contributed by atoms with Gasteiger partial charge in [0.05, 0.1) is 5.02 Å². The number of piperazine rings is 1. The molecule has 116 valence electrons. The van der Waals surface area contributed by atoms with E-state index in [0.717, 1.165) is 32.7 Å². The molecule has 0 radical (unpaired) electrons. The molecule has 1 atom stereocenters. The van der Waals surface area contributed by atoms with Crippen molar-refractivity contribution in [3.8, 4) is 5.75 Å². The van der Waals surface area contributed by atoms with Crippen molar-refractivity contribution in [2.75, 3.05) is 32.7 Å². The molecule has 0 saturated carbocycles. The molecule has 0 spiro atoms. The van der Waals surface area contributed by atoms with Gasteiger partial charge in [-0.05, 0) is 31.7 Å². The van der Waals surface area contributed by atoms with E-state index in [4.69, 9.17) is 27.9 Å². The molecule has 4 nitrogen and oxygen atoms in total. The molecule has 21 heavy (non-hydrogen) atoms. The molecule has 1 aromatic carbocycles. The Morgan fingerprint density at radius 1 is 1.29 bits per heavy atom. The molecule has 6 heteroatoms. The van der Waals surface area contributed by atoms with Gasteiger partial charge in [0, 0.05) is 31.2 Å². The topological polar surface area (TPSA) is 32.8 Å². The molecule has 0 aromatic heterocycles. The Morgan fingerprint density at radius 3 is 2.52 bits per heavy atom. The zero-order valence-electron chi connectivity index (χ0n) is 12.3. The number of carbonyl (C=O) groups is 1. The minimum Gasteiger partial charge on any atom is -0.479 e. The van der Waals surface area contributed by atoms with Gasteiger partial charge in [-0.25, -0.2) is 0 Å². The van der Waals surface area contributed by atoms with Crippen LogP contribution >= 0.6 is 23.2 Å². The molecule has 0 unspecified atom stereocenters. The quantitative estimate of drug-likeness (QED) is 0.850. The predicted molar refractivity (Wildman–Crippen MR) is 85.2 cm³/mol. The molecule has 0 N–H and O–H groups in total. The lowest BCUT2D eigenvalue weighted by Gasteiger charge is -2.35. The van der Waals surface area contributed by atoms with Gasteiger partial charge >= 0.3 is 0 Å². The van der Waals surface area contributed by atoms with Crippen LogP contribution in [0.3, 0.4) is 0 Å². The van der Waals surface area contributed by atoms with E-state index in [0.29, 0.717) is 15.8 Å². The largest absolute Gasteiger partial charge is 0.479 e. The van der Waals surface area contributed by atoms with Crippen LogP contribution in [0.25, 0.3) is 0 Å². The fourth-order valence-electron chi connectivity index (χ4n) is 2.35. The summed E-state index contributed by atoms with van der Waals surface area (Å²) in [7, 11) is 0. The van der Waals surface area contributed by atoms with Gasteiger partial charge in [-0.15, -0.1) is 0 Å². The fourth-order valence-corrected chi connectivity index (χ4v) is 2.81. The van der Waals surface area contributed by atoms with Gasteiger partial charge in [0.25, 0.3) is 5.91 Å². The Bertz CT molecular complexity index is 502. The minimum atomic E-state index is -0.558. The summed E-state index contributed by atoms with van der Waals surface area (Å²) >= 11 is 11.9. The summed E-state index contributed by atoms with van der Waals surface area (Å²) in [6, 6.07) is 4.99. The molecule has 1 aliphatic rings. The van der Waals surface area contributed by atoms with Crippen molar-refractivity contribution in [3.63, 3.8) is 0 Å². The summed E-state index contributed by atoms with van der Waals surface area (Å²) in [5.74, 6) is 0.478. The van der Waals surface area contributed by atoms with Crippen molar-refractivity contribution >= 4 is 29.1 Å². The Hall–Kier alpha value is -0.970. The zero-order valence-corrected chi connectivity index (χ0v) is 13.8. The third-order valence-electron chi connectivity index (χ3n) is 3.68. The molecule has 1 fully saturated rings. The monoisotopic (exact) mass is 330 g/mol. The lowest BCUT2D eigenvalue weighted by Crippen LogP contribution is -2.51. The highest BCUT2D eigenvalue weighted by Gasteiger charge is 2.25. The van der Waals surface area contributed by atoms with Gasteiger partial charge in [-0.2, -0.15) is 0 Å². The number of carbonyl (C=O) groups excluding carboxylic acids is 1. The number of ether oxygens (including phenoxy) is 1. The van der Waals surface area contributed by atoms with Crippen LogP contribution in [-0.2, 0) is 4.79 Å². The van der Waals surface area contributed by atoms with Crippen molar-refractivity contribution in [3.05, 3.63) is 28.2 Å². The Balaban J connectivity index is 1.93. The van der Waals surface area contributed by atoms with Crippen LogP contribution in [0.15, 0.2) is 18.2 Å². The second kappa shape index (κ2) is 7.34. The van der Waals surface area contributed by atoms with Crippen LogP contribution in [0.5, 0.6) is 5.75 Å². The first-order valence-corrected chi connectivity index (χ1v) is 7.89. The third-order valence-corrected chi connectivity index (χ3v) is 4.21. The average molecular weight is 331 g/mol. The first-order chi connectivity index (χ1) is 10.0. The summed E-state index contributed by atoms with van der Waals surface area (Å²) in [6.45, 7) is 8.22. The van der Waals surface area contributed by atoms with Crippen LogP contribution in [0, 0.1) is 0 Å². The van der Waals surface area contributed by atoms with E-state index in [1.807, 2.05) is 4.90 Å². The fraction of sp³-hybridized carbons (Fsp3) is 0.533. The van der Waals surface area contributed by atoms with Gasteiger partial charge in [-0.1, -0.05) is 30.1 Å². The van der Waals surface area contributed by atoms with Gasteiger partial charge in [-0.3, -0.25) is 4.79 Å². The highest BCUT2D eigenvalue weighted by molar-refractivity contribution is 6.35. The van der Waals surface area contributed by atoms with Crippen LogP contribution in [0.2, 0.25) is 10.0 Å². The van der Waals surface area contributed by atoms with Crippen LogP contribution in [0.1, 0.15) is 13.8 Å². The van der Waals surface area contributed by atoms with Crippen molar-refractivity contribution in [2.24, 2.45) is 0 Å². The van der Waals surface area contributed by atoms with Gasteiger partial charge in [0.15, 0.2) is 6.10 Å². The van der Waals surface area contributed by atoms with E-state index in [1.165, 1.54) is 0 Å². The van der Waals surface area contributed by atoms with E-state index >= 15 is 0 Å². The smallest absolute Gasteiger partial charge is 0.263 e. The molecule has 2 rings (SSSR count). The van der Waals surface area contributed by atoms with E-state index in [2.05, 4.69) is 11.8 Å². The summed E-state index contributed by atoms with van der Waals surface area (Å²) in [5.41, 5.74) is 0. The summed E-state index contributed by atoms with van der Waals surface area (Å²) in [4.78, 5) is 16.6. The molecule has 1 amide bonds. The number of hydrogen-bond acceptors (Lipinski definition) is 3. The minimum absolute atomic E-state index is 0.00299. The maximum atomic E-state index is 12.4. The Morgan fingerprint density at radius 2 is 1.95 bits per heavy atom. The van der Waals surface area contributed by atoms with E-state index in [-0.39, 0.29) is 5.91 Å². The molecule has 0 aliphatic carbocycles. The standard InChI is InChI=1S/C15H20Cl2N2O2/c1-3-18-6-8-19(9-7-18)15(20)11(2)21-14-5-4-12(16)10-13(14)17/h4-5,10-11H,3,6-9H2,1-2H3/t11-/m0/s1. The van der Waals surface area contributed by atoms with Crippen molar-refractivity contribution in [2.45, 2.75) is 20.0 Å². The van der Waals surface area contributed by atoms with E-state index < -0.39 is 6.10 Å². The maximum absolute atomic E-state index is 12.4. The average Bonchev–Trinajstić information content (AvgIpc) is 2.49.